The van der Waals surface area contributed by atoms with Crippen LogP contribution in [0.4, 0.5) is 0 Å². The first-order chi connectivity index (χ1) is 10.2. The highest BCUT2D eigenvalue weighted by Crippen LogP contribution is 2.33. The zero-order valence-corrected chi connectivity index (χ0v) is 12.0. The zero-order chi connectivity index (χ0) is 14.8. The molecule has 1 aliphatic rings. The van der Waals surface area contributed by atoms with E-state index in [2.05, 4.69) is 9.84 Å². The van der Waals surface area contributed by atoms with E-state index in [4.69, 9.17) is 0 Å². The molecule has 110 valence electrons. The van der Waals surface area contributed by atoms with Crippen molar-refractivity contribution in [3.8, 4) is 16.9 Å². The van der Waals surface area contributed by atoms with Gasteiger partial charge >= 0.3 is 5.97 Å². The molecule has 1 aromatic heterocycles. The van der Waals surface area contributed by atoms with E-state index in [1.807, 2.05) is 16.9 Å². The summed E-state index contributed by atoms with van der Waals surface area (Å²) < 4.78 is 6.58. The van der Waals surface area contributed by atoms with Gasteiger partial charge in [0.2, 0.25) is 0 Å². The number of methoxy groups -OCH3 is 1. The summed E-state index contributed by atoms with van der Waals surface area (Å²) in [7, 11) is 1.37. The first kappa shape index (κ1) is 13.7. The average Bonchev–Trinajstić information content (AvgIpc) is 3.17. The molecule has 0 saturated heterocycles. The molecular weight excluding hydrogens is 268 g/mol. The van der Waals surface area contributed by atoms with Crippen molar-refractivity contribution in [2.24, 2.45) is 5.92 Å². The van der Waals surface area contributed by atoms with E-state index in [0.717, 1.165) is 23.6 Å². The molecule has 0 spiro atoms. The lowest BCUT2D eigenvalue weighted by Gasteiger charge is -2.06. The molecule has 21 heavy (non-hydrogen) atoms. The van der Waals surface area contributed by atoms with Gasteiger partial charge < -0.3 is 9.84 Å². The molecule has 1 fully saturated rings. The Labute approximate surface area is 123 Å². The van der Waals surface area contributed by atoms with Gasteiger partial charge in [-0.2, -0.15) is 5.10 Å². The molecule has 1 aliphatic carbocycles. The number of carbonyl (C=O) groups excluding carboxylic acids is 1. The van der Waals surface area contributed by atoms with Crippen molar-refractivity contribution in [1.29, 1.82) is 0 Å². The molecule has 0 unspecified atom stereocenters. The van der Waals surface area contributed by atoms with E-state index in [1.165, 1.54) is 20.0 Å². The third-order valence-corrected chi connectivity index (χ3v) is 3.72. The van der Waals surface area contributed by atoms with E-state index in [9.17, 15) is 9.90 Å². The molecule has 5 heteroatoms. The van der Waals surface area contributed by atoms with E-state index >= 15 is 0 Å². The predicted molar refractivity (Wildman–Crippen MR) is 77.8 cm³/mol. The summed E-state index contributed by atoms with van der Waals surface area (Å²) in [4.78, 5) is 11.3. The summed E-state index contributed by atoms with van der Waals surface area (Å²) in [6.07, 6.45) is 6.43. The van der Waals surface area contributed by atoms with Crippen molar-refractivity contribution in [3.63, 3.8) is 0 Å². The van der Waals surface area contributed by atoms with Gasteiger partial charge in [0.15, 0.2) is 0 Å². The molecule has 0 radical (unpaired) electrons. The van der Waals surface area contributed by atoms with Crippen molar-refractivity contribution in [1.82, 2.24) is 9.78 Å². The van der Waals surface area contributed by atoms with Crippen LogP contribution in [-0.4, -0.2) is 28.0 Å². The topological polar surface area (TPSA) is 64.3 Å². The van der Waals surface area contributed by atoms with Crippen LogP contribution in [0, 0.1) is 5.92 Å². The quantitative estimate of drug-likeness (QED) is 0.857. The van der Waals surface area contributed by atoms with Gasteiger partial charge in [-0.05, 0) is 36.5 Å². The Morgan fingerprint density at radius 1 is 1.48 bits per heavy atom. The first-order valence-electron chi connectivity index (χ1n) is 7.07. The van der Waals surface area contributed by atoms with Crippen molar-refractivity contribution in [2.45, 2.75) is 25.8 Å². The van der Waals surface area contributed by atoms with Gasteiger partial charge in [-0.15, -0.1) is 0 Å². The van der Waals surface area contributed by atoms with E-state index < -0.39 is 0 Å². The lowest BCUT2D eigenvalue weighted by molar-refractivity contribution is -0.139. The highest BCUT2D eigenvalue weighted by atomic mass is 16.5. The van der Waals surface area contributed by atoms with Crippen LogP contribution in [0.3, 0.4) is 0 Å². The van der Waals surface area contributed by atoms with Crippen molar-refractivity contribution in [3.05, 3.63) is 36.2 Å². The number of benzene rings is 1. The summed E-state index contributed by atoms with van der Waals surface area (Å²) >= 11 is 0. The van der Waals surface area contributed by atoms with Crippen LogP contribution in [0.5, 0.6) is 5.75 Å². The minimum absolute atomic E-state index is 0.189. The van der Waals surface area contributed by atoms with Crippen molar-refractivity contribution < 1.29 is 14.6 Å². The Kier molecular flexibility index (Phi) is 3.64. The van der Waals surface area contributed by atoms with Crippen LogP contribution < -0.4 is 0 Å². The van der Waals surface area contributed by atoms with Crippen LogP contribution in [0.2, 0.25) is 0 Å². The van der Waals surface area contributed by atoms with Gasteiger partial charge in [0, 0.05) is 23.9 Å². The third-order valence-electron chi connectivity index (χ3n) is 3.72. The number of ether oxygens (including phenoxy) is 1. The Hall–Kier alpha value is -2.30. The minimum Gasteiger partial charge on any atom is -0.507 e. The number of aromatic hydroxyl groups is 1. The van der Waals surface area contributed by atoms with Gasteiger partial charge in [-0.25, -0.2) is 0 Å². The normalized spacial score (nSPS) is 14.1. The summed E-state index contributed by atoms with van der Waals surface area (Å²) in [5, 5.41) is 14.4. The molecule has 0 atom stereocenters. The highest BCUT2D eigenvalue weighted by molar-refractivity contribution is 5.75. The maximum Gasteiger partial charge on any atom is 0.309 e. The second-order valence-corrected chi connectivity index (χ2v) is 5.50. The van der Waals surface area contributed by atoms with Crippen LogP contribution in [-0.2, 0) is 22.5 Å². The lowest BCUT2D eigenvalue weighted by atomic mass is 10.0. The number of carbonyl (C=O) groups is 1. The van der Waals surface area contributed by atoms with Gasteiger partial charge in [0.1, 0.15) is 5.75 Å². The number of hydrogen-bond acceptors (Lipinski definition) is 4. The number of phenols is 1. The molecule has 0 aliphatic heterocycles. The highest BCUT2D eigenvalue weighted by Gasteiger charge is 2.22. The second kappa shape index (κ2) is 5.60. The van der Waals surface area contributed by atoms with Gasteiger partial charge in [-0.3, -0.25) is 9.48 Å². The fraction of sp³-hybridized carbons (Fsp3) is 0.375. The number of rotatable bonds is 5. The smallest absolute Gasteiger partial charge is 0.309 e. The van der Waals surface area contributed by atoms with Crippen LogP contribution in [0.1, 0.15) is 18.4 Å². The molecule has 1 aromatic carbocycles. The monoisotopic (exact) mass is 286 g/mol. The zero-order valence-electron chi connectivity index (χ0n) is 12.0. The Balaban J connectivity index is 1.83. The minimum atomic E-state index is -0.295. The lowest BCUT2D eigenvalue weighted by Crippen LogP contribution is -2.04. The summed E-state index contributed by atoms with van der Waals surface area (Å²) in [6, 6.07) is 5.14. The van der Waals surface area contributed by atoms with Crippen molar-refractivity contribution in [2.75, 3.05) is 7.11 Å². The number of phenolic OH excluding ortho intramolecular Hbond substituents is 1. The summed E-state index contributed by atoms with van der Waals surface area (Å²) in [5.74, 6) is 0.641. The standard InChI is InChI=1S/C16H18N2O3/c1-21-16(20)7-12-4-5-15(19)14(6-12)13-8-17-18(10-13)9-11-2-3-11/h4-6,8,10-11,19H,2-3,7,9H2,1H3. The predicted octanol–water partition coefficient (Wildman–Crippen LogP) is 2.38. The Bertz CT molecular complexity index is 659. The molecule has 1 N–H and O–H groups in total. The second-order valence-electron chi connectivity index (χ2n) is 5.50. The van der Waals surface area contributed by atoms with E-state index in [-0.39, 0.29) is 18.1 Å². The molecule has 1 saturated carbocycles. The molecule has 1 heterocycles. The van der Waals surface area contributed by atoms with Crippen LogP contribution in [0.15, 0.2) is 30.6 Å². The van der Waals surface area contributed by atoms with Gasteiger partial charge in [0.25, 0.3) is 0 Å². The van der Waals surface area contributed by atoms with Crippen LogP contribution >= 0.6 is 0 Å². The molecule has 2 aromatic rings. The largest absolute Gasteiger partial charge is 0.507 e. The first-order valence-corrected chi connectivity index (χ1v) is 7.07. The maximum absolute atomic E-state index is 11.3. The van der Waals surface area contributed by atoms with Crippen molar-refractivity contribution >= 4 is 5.97 Å². The fourth-order valence-electron chi connectivity index (χ4n) is 2.33. The molecule has 0 amide bonds. The molecule has 0 bridgehead atoms. The van der Waals surface area contributed by atoms with E-state index in [0.29, 0.717) is 5.56 Å². The SMILES string of the molecule is COC(=O)Cc1ccc(O)c(-c2cnn(CC3CC3)c2)c1. The number of hydrogen-bond donors (Lipinski definition) is 1. The van der Waals surface area contributed by atoms with E-state index in [1.54, 1.807) is 18.3 Å². The molecule has 5 nitrogen and oxygen atoms in total. The maximum atomic E-state index is 11.3. The molecular formula is C16H18N2O3. The number of aromatic nitrogens is 2. The fourth-order valence-corrected chi connectivity index (χ4v) is 2.33. The molecule has 3 rings (SSSR count). The number of nitrogens with zero attached hydrogens (tertiary/aromatic N) is 2. The summed E-state index contributed by atoms with van der Waals surface area (Å²) in [5.41, 5.74) is 2.36. The van der Waals surface area contributed by atoms with Gasteiger partial charge in [-0.1, -0.05) is 6.07 Å². The Morgan fingerprint density at radius 2 is 2.29 bits per heavy atom. The third kappa shape index (κ3) is 3.24. The number of esters is 1. The van der Waals surface area contributed by atoms with Crippen LogP contribution in [0.25, 0.3) is 11.1 Å². The summed E-state index contributed by atoms with van der Waals surface area (Å²) in [6.45, 7) is 0.933. The average molecular weight is 286 g/mol. The van der Waals surface area contributed by atoms with Gasteiger partial charge in [0.05, 0.1) is 19.7 Å². The Morgan fingerprint density at radius 3 is 3.00 bits per heavy atom.